The molecule has 0 saturated carbocycles. The summed E-state index contributed by atoms with van der Waals surface area (Å²) in [4.78, 5) is 0. The molecule has 0 heterocycles. The Balaban J connectivity index is -0.000000000238. The fourth-order valence-corrected chi connectivity index (χ4v) is 0. The molecule has 0 fully saturated rings. The second-order valence-electron chi connectivity index (χ2n) is 0. The first kappa shape index (κ1) is 208. The Morgan fingerprint density at radius 3 is 0.312 bits per heavy atom. The van der Waals surface area contributed by atoms with Crippen LogP contribution in [0.3, 0.4) is 0 Å². The van der Waals surface area contributed by atoms with Gasteiger partial charge in [-0.3, -0.25) is 0 Å². The first-order chi connectivity index (χ1) is 2.00. The van der Waals surface area contributed by atoms with Crippen LogP contribution in [0.15, 0.2) is 0 Å². The van der Waals surface area contributed by atoms with E-state index in [9.17, 15) is 0 Å². The van der Waals surface area contributed by atoms with Crippen molar-refractivity contribution in [1.29, 1.82) is 0 Å². The van der Waals surface area contributed by atoms with Gasteiger partial charge < -0.3 is 12.3 Å². The van der Waals surface area contributed by atoms with Gasteiger partial charge in [-0.1, -0.05) is 0 Å². The quantitative estimate of drug-likeness (QED) is 0.381. The third-order valence-corrected chi connectivity index (χ3v) is 0. The van der Waals surface area contributed by atoms with Crippen molar-refractivity contribution in [1.82, 2.24) is 12.3 Å². The Morgan fingerprint density at radius 1 is 0.312 bits per heavy atom. The summed E-state index contributed by atoms with van der Waals surface area (Å²) in [5, 5.41) is 0. The van der Waals surface area contributed by atoms with Gasteiger partial charge in [-0.2, -0.15) is 0 Å². The molecule has 16 heavy (non-hydrogen) atoms. The zero-order chi connectivity index (χ0) is 4.00. The molecule has 0 rings (SSSR count). The summed E-state index contributed by atoms with van der Waals surface area (Å²) in [5.74, 6) is 0. The van der Waals surface area contributed by atoms with E-state index in [1.807, 2.05) is 0 Å². The molecule has 8 N–H and O–H groups in total. The van der Waals surface area contributed by atoms with Gasteiger partial charge in [0, 0.05) is 0 Å². The maximum absolute atomic E-state index is 8.26. The first-order valence-electron chi connectivity index (χ1n) is 0.333. The predicted octanol–water partition coefficient (Wildman–Crippen LogP) is 4.73. The number of rotatable bonds is 0. The Labute approximate surface area is 180 Å². The SMILES string of the molecule is Cl.Cl.Cl.Cl.Cl.Cl.Cl.Cl.Cl.Cl.[NH4+].[NH4+].[O]=[Mo].[O]=[Mo]. The van der Waals surface area contributed by atoms with E-state index in [1.165, 1.54) is 0 Å². The molecule has 0 aliphatic carbocycles. The molecule has 0 aliphatic rings. The monoisotopic (exact) mass is 624 g/mol. The summed E-state index contributed by atoms with van der Waals surface area (Å²) in [7, 11) is 0. The van der Waals surface area contributed by atoms with Crippen molar-refractivity contribution in [3.05, 3.63) is 0 Å². The van der Waals surface area contributed by atoms with Gasteiger partial charge >= 0.3 is 46.3 Å². The van der Waals surface area contributed by atoms with Crippen molar-refractivity contribution in [2.75, 3.05) is 0 Å². The molecule has 0 unspecified atom stereocenters. The van der Waals surface area contributed by atoms with Crippen LogP contribution in [0, 0.1) is 0 Å². The van der Waals surface area contributed by atoms with Crippen molar-refractivity contribution in [2.24, 2.45) is 0 Å². The predicted molar refractivity (Wildman–Crippen MR) is 85.8 cm³/mol. The molecule has 0 aromatic carbocycles. The molecule has 0 bridgehead atoms. The minimum atomic E-state index is 0. The van der Waals surface area contributed by atoms with E-state index in [-0.39, 0.29) is 136 Å². The number of hydrogen-bond donors (Lipinski definition) is 2. The molecule has 0 aromatic heterocycles. The topological polar surface area (TPSA) is 107 Å². The van der Waals surface area contributed by atoms with Crippen LogP contribution < -0.4 is 12.3 Å². The molecule has 0 saturated heterocycles. The minimum absolute atomic E-state index is 0. The second kappa shape index (κ2) is 413. The van der Waals surface area contributed by atoms with Gasteiger partial charge in [-0.05, 0) is 0 Å². The molecule has 0 radical (unpaired) electrons. The Hall–Kier alpha value is 3.80. The average Bonchev–Trinajstić information content (AvgIpc) is 1.50. The Kier molecular flexibility index (Phi) is 5370. The van der Waals surface area contributed by atoms with Crippen LogP contribution in [0.25, 0.3) is 0 Å². The summed E-state index contributed by atoms with van der Waals surface area (Å²) < 4.78 is 16.5. The van der Waals surface area contributed by atoms with Crippen LogP contribution in [0.4, 0.5) is 0 Å². The summed E-state index contributed by atoms with van der Waals surface area (Å²) in [5.41, 5.74) is 0. The van der Waals surface area contributed by atoms with Gasteiger partial charge in [0.2, 0.25) is 0 Å². The van der Waals surface area contributed by atoms with E-state index in [0.717, 1.165) is 0 Å². The van der Waals surface area contributed by atoms with Gasteiger partial charge in [-0.15, -0.1) is 124 Å². The van der Waals surface area contributed by atoms with Gasteiger partial charge in [-0.25, -0.2) is 0 Å². The molecule has 0 aliphatic heterocycles. The van der Waals surface area contributed by atoms with E-state index in [0.29, 0.717) is 39.6 Å². The second-order valence-corrected chi connectivity index (χ2v) is 0. The standard InChI is InChI=1S/10ClH.2Mo.2H3N.2O/h10*1H;;;2*1H3;;/p+2. The van der Waals surface area contributed by atoms with Gasteiger partial charge in [0.1, 0.15) is 0 Å². The molecule has 16 heteroatoms. The molecular weight excluding hydrogens is 606 g/mol. The first-order valence-corrected chi connectivity index (χ1v) is 1.97. The van der Waals surface area contributed by atoms with Crippen LogP contribution in [-0.4, -0.2) is 0 Å². The molecule has 0 atom stereocenters. The van der Waals surface area contributed by atoms with E-state index in [1.54, 1.807) is 0 Å². The van der Waals surface area contributed by atoms with Gasteiger partial charge in [0.25, 0.3) is 0 Å². The molecule has 0 amide bonds. The average molecular weight is 625 g/mol. The zero-order valence-electron chi connectivity index (χ0n) is 7.72. The molecule has 0 aromatic rings. The third-order valence-electron chi connectivity index (χ3n) is 0. The normalized spacial score (nSPS) is 0.500. The van der Waals surface area contributed by atoms with E-state index in [2.05, 4.69) is 0 Å². The van der Waals surface area contributed by atoms with Crippen molar-refractivity contribution in [2.45, 2.75) is 0 Å². The zero-order valence-corrected chi connectivity index (χ0v) is 19.9. The third kappa shape index (κ3) is 348. The Morgan fingerprint density at radius 2 is 0.312 bits per heavy atom. The van der Waals surface area contributed by atoms with Crippen molar-refractivity contribution < 1.29 is 46.3 Å². The van der Waals surface area contributed by atoms with E-state index in [4.69, 9.17) is 6.80 Å². The number of hydrogen-bond acceptors (Lipinski definition) is 2. The Bertz CT molecular complexity index is 26.8. The molecule has 4 nitrogen and oxygen atoms in total. The van der Waals surface area contributed by atoms with Gasteiger partial charge in [0.05, 0.1) is 0 Å². The van der Waals surface area contributed by atoms with E-state index >= 15 is 0 Å². The summed E-state index contributed by atoms with van der Waals surface area (Å²) in [6.07, 6.45) is 0. The molecular formula is H18Cl10Mo2N2O2+2. The summed E-state index contributed by atoms with van der Waals surface area (Å²) in [6, 6.07) is 0. The van der Waals surface area contributed by atoms with Crippen molar-refractivity contribution in [3.8, 4) is 0 Å². The fraction of sp³-hybridized carbons (Fsp3) is 0. The molecule has 120 valence electrons. The summed E-state index contributed by atoms with van der Waals surface area (Å²) in [6.45, 7) is 0. The number of quaternary nitrogens is 2. The van der Waals surface area contributed by atoms with Crippen LogP contribution in [-0.2, 0) is 46.3 Å². The van der Waals surface area contributed by atoms with Crippen LogP contribution >= 0.6 is 124 Å². The fourth-order valence-electron chi connectivity index (χ4n) is 0. The van der Waals surface area contributed by atoms with Crippen LogP contribution in [0.1, 0.15) is 0 Å². The summed E-state index contributed by atoms with van der Waals surface area (Å²) >= 11 is 1.40. The number of halogens is 10. The van der Waals surface area contributed by atoms with E-state index < -0.39 is 0 Å². The van der Waals surface area contributed by atoms with Crippen molar-refractivity contribution in [3.63, 3.8) is 0 Å². The van der Waals surface area contributed by atoms with Crippen LogP contribution in [0.5, 0.6) is 0 Å². The van der Waals surface area contributed by atoms with Crippen molar-refractivity contribution >= 4 is 124 Å². The van der Waals surface area contributed by atoms with Gasteiger partial charge in [0.15, 0.2) is 0 Å². The molecule has 0 spiro atoms. The van der Waals surface area contributed by atoms with Crippen LogP contribution in [0.2, 0.25) is 0 Å². The maximum atomic E-state index is 8.26.